The van der Waals surface area contributed by atoms with Crippen molar-refractivity contribution < 1.29 is 9.47 Å². The SMILES string of the molecule is CCCNC1COc2ccc(OC)cc21. The first-order valence-corrected chi connectivity index (χ1v) is 5.39. The van der Waals surface area contributed by atoms with Crippen molar-refractivity contribution in [1.82, 2.24) is 5.32 Å². The Labute approximate surface area is 90.4 Å². The van der Waals surface area contributed by atoms with Crippen molar-refractivity contribution in [1.29, 1.82) is 0 Å². The molecule has 1 N–H and O–H groups in total. The third kappa shape index (κ3) is 2.07. The summed E-state index contributed by atoms with van der Waals surface area (Å²) in [5.41, 5.74) is 1.21. The lowest BCUT2D eigenvalue weighted by atomic mass is 10.1. The van der Waals surface area contributed by atoms with Gasteiger partial charge in [-0.2, -0.15) is 0 Å². The fourth-order valence-electron chi connectivity index (χ4n) is 1.81. The number of rotatable bonds is 4. The first kappa shape index (κ1) is 10.3. The number of methoxy groups -OCH3 is 1. The Bertz CT molecular complexity index is 338. The minimum atomic E-state index is 0.315. The molecule has 2 rings (SSSR count). The molecule has 1 aromatic rings. The van der Waals surface area contributed by atoms with Gasteiger partial charge in [0, 0.05) is 5.56 Å². The van der Waals surface area contributed by atoms with E-state index in [-0.39, 0.29) is 0 Å². The predicted octanol–water partition coefficient (Wildman–Crippen LogP) is 2.13. The molecule has 1 unspecified atom stereocenters. The molecule has 0 spiro atoms. The predicted molar refractivity (Wildman–Crippen MR) is 59.5 cm³/mol. The summed E-state index contributed by atoms with van der Waals surface area (Å²) in [5, 5.41) is 3.46. The maximum atomic E-state index is 5.59. The smallest absolute Gasteiger partial charge is 0.124 e. The van der Waals surface area contributed by atoms with Crippen LogP contribution in [0.15, 0.2) is 18.2 Å². The lowest BCUT2D eigenvalue weighted by molar-refractivity contribution is 0.311. The van der Waals surface area contributed by atoms with E-state index in [4.69, 9.17) is 9.47 Å². The van der Waals surface area contributed by atoms with Crippen LogP contribution in [0.25, 0.3) is 0 Å². The first-order chi connectivity index (χ1) is 7.35. The van der Waals surface area contributed by atoms with Crippen LogP contribution in [0, 0.1) is 0 Å². The zero-order chi connectivity index (χ0) is 10.7. The van der Waals surface area contributed by atoms with Crippen LogP contribution >= 0.6 is 0 Å². The van der Waals surface area contributed by atoms with E-state index in [0.717, 1.165) is 31.1 Å². The van der Waals surface area contributed by atoms with Gasteiger partial charge in [-0.3, -0.25) is 0 Å². The van der Waals surface area contributed by atoms with Crippen LogP contribution in [0.1, 0.15) is 24.9 Å². The van der Waals surface area contributed by atoms with E-state index in [1.165, 1.54) is 5.56 Å². The van der Waals surface area contributed by atoms with Crippen LogP contribution < -0.4 is 14.8 Å². The standard InChI is InChI=1S/C12H17NO2/c1-3-6-13-11-8-15-12-5-4-9(14-2)7-10(11)12/h4-5,7,11,13H,3,6,8H2,1-2H3. The van der Waals surface area contributed by atoms with E-state index in [1.54, 1.807) is 7.11 Å². The van der Waals surface area contributed by atoms with Crippen LogP contribution in [0.3, 0.4) is 0 Å². The van der Waals surface area contributed by atoms with Crippen molar-refractivity contribution in [3.8, 4) is 11.5 Å². The maximum absolute atomic E-state index is 5.59. The Morgan fingerprint density at radius 1 is 1.53 bits per heavy atom. The van der Waals surface area contributed by atoms with E-state index in [9.17, 15) is 0 Å². The molecule has 1 aliphatic rings. The minimum Gasteiger partial charge on any atom is -0.497 e. The van der Waals surface area contributed by atoms with E-state index >= 15 is 0 Å². The van der Waals surface area contributed by atoms with Gasteiger partial charge < -0.3 is 14.8 Å². The van der Waals surface area contributed by atoms with Gasteiger partial charge in [-0.1, -0.05) is 6.92 Å². The summed E-state index contributed by atoms with van der Waals surface area (Å²) >= 11 is 0. The third-order valence-electron chi connectivity index (χ3n) is 2.64. The van der Waals surface area contributed by atoms with Crippen LogP contribution in [0.2, 0.25) is 0 Å². The first-order valence-electron chi connectivity index (χ1n) is 5.39. The summed E-state index contributed by atoms with van der Waals surface area (Å²) in [5.74, 6) is 1.87. The van der Waals surface area contributed by atoms with Crippen LogP contribution in [-0.2, 0) is 0 Å². The van der Waals surface area contributed by atoms with Crippen molar-refractivity contribution in [3.63, 3.8) is 0 Å². The molecule has 0 fully saturated rings. The quantitative estimate of drug-likeness (QED) is 0.820. The molecule has 0 amide bonds. The average Bonchev–Trinajstić information content (AvgIpc) is 2.68. The van der Waals surface area contributed by atoms with Crippen LogP contribution in [0.5, 0.6) is 11.5 Å². The van der Waals surface area contributed by atoms with E-state index in [0.29, 0.717) is 6.04 Å². The zero-order valence-corrected chi connectivity index (χ0v) is 9.25. The van der Waals surface area contributed by atoms with Crippen molar-refractivity contribution in [2.24, 2.45) is 0 Å². The van der Waals surface area contributed by atoms with Crippen molar-refractivity contribution in [2.45, 2.75) is 19.4 Å². The Hall–Kier alpha value is -1.22. The lowest BCUT2D eigenvalue weighted by Gasteiger charge is -2.10. The largest absolute Gasteiger partial charge is 0.497 e. The van der Waals surface area contributed by atoms with Gasteiger partial charge in [0.2, 0.25) is 0 Å². The molecule has 1 atom stereocenters. The molecule has 1 aliphatic heterocycles. The molecule has 0 bridgehead atoms. The fourth-order valence-corrected chi connectivity index (χ4v) is 1.81. The van der Waals surface area contributed by atoms with Crippen molar-refractivity contribution >= 4 is 0 Å². The van der Waals surface area contributed by atoms with Gasteiger partial charge in [0.1, 0.15) is 18.1 Å². The van der Waals surface area contributed by atoms with Gasteiger partial charge in [0.05, 0.1) is 13.2 Å². The highest BCUT2D eigenvalue weighted by Gasteiger charge is 2.23. The molecule has 82 valence electrons. The average molecular weight is 207 g/mol. The summed E-state index contributed by atoms with van der Waals surface area (Å²) in [7, 11) is 1.69. The fraction of sp³-hybridized carbons (Fsp3) is 0.500. The molecule has 0 saturated heterocycles. The lowest BCUT2D eigenvalue weighted by Crippen LogP contribution is -2.23. The highest BCUT2D eigenvalue weighted by molar-refractivity contribution is 5.44. The Kier molecular flexibility index (Phi) is 3.11. The highest BCUT2D eigenvalue weighted by Crippen LogP contribution is 2.34. The number of hydrogen-bond acceptors (Lipinski definition) is 3. The molecular formula is C12H17NO2. The van der Waals surface area contributed by atoms with E-state index < -0.39 is 0 Å². The summed E-state index contributed by atoms with van der Waals surface area (Å²) in [4.78, 5) is 0. The van der Waals surface area contributed by atoms with Gasteiger partial charge in [0.25, 0.3) is 0 Å². The Balaban J connectivity index is 2.16. The Morgan fingerprint density at radius 3 is 3.13 bits per heavy atom. The monoisotopic (exact) mass is 207 g/mol. The summed E-state index contributed by atoms with van der Waals surface area (Å²) in [6.45, 7) is 3.91. The second kappa shape index (κ2) is 4.53. The normalized spacial score (nSPS) is 18.4. The molecule has 3 heteroatoms. The van der Waals surface area contributed by atoms with Gasteiger partial charge in [-0.25, -0.2) is 0 Å². The van der Waals surface area contributed by atoms with E-state index in [2.05, 4.69) is 18.3 Å². The summed E-state index contributed by atoms with van der Waals surface area (Å²) in [6, 6.07) is 6.27. The molecule has 0 aliphatic carbocycles. The van der Waals surface area contributed by atoms with Gasteiger partial charge >= 0.3 is 0 Å². The zero-order valence-electron chi connectivity index (χ0n) is 9.25. The number of fused-ring (bicyclic) bond motifs is 1. The molecular weight excluding hydrogens is 190 g/mol. The second-order valence-corrected chi connectivity index (χ2v) is 3.72. The molecule has 0 radical (unpaired) electrons. The maximum Gasteiger partial charge on any atom is 0.124 e. The minimum absolute atomic E-state index is 0.315. The summed E-state index contributed by atoms with van der Waals surface area (Å²) < 4.78 is 10.8. The van der Waals surface area contributed by atoms with Gasteiger partial charge in [-0.15, -0.1) is 0 Å². The number of hydrogen-bond donors (Lipinski definition) is 1. The molecule has 15 heavy (non-hydrogen) atoms. The molecule has 1 aromatic carbocycles. The third-order valence-corrected chi connectivity index (χ3v) is 2.64. The Morgan fingerprint density at radius 2 is 2.40 bits per heavy atom. The molecule has 0 saturated carbocycles. The molecule has 1 heterocycles. The van der Waals surface area contributed by atoms with Crippen LogP contribution in [0.4, 0.5) is 0 Å². The molecule has 0 aromatic heterocycles. The second-order valence-electron chi connectivity index (χ2n) is 3.72. The van der Waals surface area contributed by atoms with Gasteiger partial charge in [0.15, 0.2) is 0 Å². The number of benzene rings is 1. The topological polar surface area (TPSA) is 30.5 Å². The van der Waals surface area contributed by atoms with Crippen molar-refractivity contribution in [2.75, 3.05) is 20.3 Å². The number of ether oxygens (including phenoxy) is 2. The van der Waals surface area contributed by atoms with Crippen LogP contribution in [-0.4, -0.2) is 20.3 Å². The molecule has 3 nitrogen and oxygen atoms in total. The van der Waals surface area contributed by atoms with E-state index in [1.807, 2.05) is 12.1 Å². The number of nitrogens with one attached hydrogen (secondary N) is 1. The van der Waals surface area contributed by atoms with Gasteiger partial charge in [-0.05, 0) is 31.2 Å². The van der Waals surface area contributed by atoms with Crippen molar-refractivity contribution in [3.05, 3.63) is 23.8 Å². The highest BCUT2D eigenvalue weighted by atomic mass is 16.5. The summed E-state index contributed by atoms with van der Waals surface area (Å²) in [6.07, 6.45) is 1.13.